The van der Waals surface area contributed by atoms with Gasteiger partial charge < -0.3 is 9.80 Å². The maximum Gasteiger partial charge on any atom is 0.140 e. The predicted molar refractivity (Wildman–Crippen MR) is 115 cm³/mol. The van der Waals surface area contributed by atoms with Crippen molar-refractivity contribution in [3.63, 3.8) is 0 Å². The Morgan fingerprint density at radius 3 is 1.89 bits per heavy atom. The van der Waals surface area contributed by atoms with Crippen LogP contribution in [-0.2, 0) is 0 Å². The van der Waals surface area contributed by atoms with Crippen molar-refractivity contribution < 1.29 is 9.80 Å². The highest BCUT2D eigenvalue weighted by atomic mass is 15.3. The summed E-state index contributed by atoms with van der Waals surface area (Å²) < 4.78 is 0. The van der Waals surface area contributed by atoms with Gasteiger partial charge in [-0.2, -0.15) is 0 Å². The Labute approximate surface area is 167 Å². The molecule has 2 nitrogen and oxygen atoms in total. The average molecular weight is 369 g/mol. The molecule has 1 saturated heterocycles. The van der Waals surface area contributed by atoms with E-state index in [1.807, 2.05) is 0 Å². The van der Waals surface area contributed by atoms with E-state index in [1.165, 1.54) is 54.0 Å². The fraction of sp³-hybridized carbons (Fsp3) is 0.231. The summed E-state index contributed by atoms with van der Waals surface area (Å²) in [6, 6.07) is 29.2. The molecular formula is C26H28N2+2. The lowest BCUT2D eigenvalue weighted by Crippen LogP contribution is -3.28. The molecule has 2 heteroatoms. The number of nitrogens with one attached hydrogen (secondary N) is 2. The van der Waals surface area contributed by atoms with Crippen LogP contribution in [-0.4, -0.2) is 32.7 Å². The number of hydrogen-bond donors (Lipinski definition) is 2. The molecule has 1 aliphatic heterocycles. The van der Waals surface area contributed by atoms with Crippen LogP contribution in [0.4, 0.5) is 0 Å². The normalized spacial score (nSPS) is 21.6. The minimum atomic E-state index is 0.508. The molecule has 0 spiro atoms. The highest BCUT2D eigenvalue weighted by Crippen LogP contribution is 2.41. The van der Waals surface area contributed by atoms with Crippen LogP contribution in [0, 0.1) is 0 Å². The number of fused-ring (bicyclic) bond motifs is 3. The van der Waals surface area contributed by atoms with Crippen LogP contribution >= 0.6 is 0 Å². The Kier molecular flexibility index (Phi) is 4.82. The molecular weight excluding hydrogens is 340 g/mol. The Morgan fingerprint density at radius 1 is 0.679 bits per heavy atom. The third-order valence-electron chi connectivity index (χ3n) is 6.36. The molecule has 140 valence electrons. The first kappa shape index (κ1) is 17.4. The van der Waals surface area contributed by atoms with Gasteiger partial charge in [0.05, 0.1) is 6.54 Å². The molecule has 0 unspecified atom stereocenters. The summed E-state index contributed by atoms with van der Waals surface area (Å²) in [7, 11) is 0. The van der Waals surface area contributed by atoms with Gasteiger partial charge in [-0.25, -0.2) is 0 Å². The predicted octanol–water partition coefficient (Wildman–Crippen LogP) is 2.25. The van der Waals surface area contributed by atoms with Gasteiger partial charge in [-0.05, 0) is 22.8 Å². The molecule has 0 bridgehead atoms. The van der Waals surface area contributed by atoms with Gasteiger partial charge in [-0.3, -0.25) is 0 Å². The maximum atomic E-state index is 2.34. The van der Waals surface area contributed by atoms with E-state index in [2.05, 4.69) is 91.0 Å². The molecule has 3 aromatic carbocycles. The van der Waals surface area contributed by atoms with Crippen LogP contribution in [0.2, 0.25) is 0 Å². The van der Waals surface area contributed by atoms with Crippen molar-refractivity contribution in [2.75, 3.05) is 32.7 Å². The first-order valence-corrected chi connectivity index (χ1v) is 10.5. The molecule has 3 aromatic rings. The van der Waals surface area contributed by atoms with Crippen molar-refractivity contribution in [2.24, 2.45) is 0 Å². The van der Waals surface area contributed by atoms with E-state index in [0.717, 1.165) is 6.54 Å². The quantitative estimate of drug-likeness (QED) is 0.699. The first-order chi connectivity index (χ1) is 13.9. The maximum absolute atomic E-state index is 2.34. The molecule has 2 aliphatic rings. The lowest BCUT2D eigenvalue weighted by molar-refractivity contribution is -1.02. The second-order valence-corrected chi connectivity index (χ2v) is 8.03. The monoisotopic (exact) mass is 368 g/mol. The van der Waals surface area contributed by atoms with Gasteiger partial charge in [0.25, 0.3) is 0 Å². The largest absolute Gasteiger partial charge is 0.322 e. The van der Waals surface area contributed by atoms with E-state index in [-0.39, 0.29) is 0 Å². The number of rotatable bonds is 4. The van der Waals surface area contributed by atoms with Crippen molar-refractivity contribution in [1.29, 1.82) is 0 Å². The smallest absolute Gasteiger partial charge is 0.140 e. The van der Waals surface area contributed by atoms with E-state index in [0.29, 0.717) is 6.04 Å². The number of quaternary nitrogens is 2. The summed E-state index contributed by atoms with van der Waals surface area (Å²) >= 11 is 0. The molecule has 5 rings (SSSR count). The molecule has 0 radical (unpaired) electrons. The minimum Gasteiger partial charge on any atom is -0.322 e. The molecule has 0 amide bonds. The average Bonchev–Trinajstić information content (AvgIpc) is 3.10. The van der Waals surface area contributed by atoms with Crippen molar-refractivity contribution in [3.05, 3.63) is 102 Å². The van der Waals surface area contributed by atoms with Gasteiger partial charge >= 0.3 is 0 Å². The SMILES string of the molecule is C(=Cc1ccccc1)C[NH+]1CC[NH+](C2c3ccccc3-c3ccccc32)CC1. The van der Waals surface area contributed by atoms with E-state index < -0.39 is 0 Å². The van der Waals surface area contributed by atoms with Crippen molar-refractivity contribution >= 4 is 6.08 Å². The van der Waals surface area contributed by atoms with Crippen LogP contribution in [0.5, 0.6) is 0 Å². The van der Waals surface area contributed by atoms with Crippen LogP contribution in [0.15, 0.2) is 84.9 Å². The second-order valence-electron chi connectivity index (χ2n) is 8.03. The van der Waals surface area contributed by atoms with Crippen LogP contribution in [0.1, 0.15) is 22.7 Å². The van der Waals surface area contributed by atoms with Crippen LogP contribution in [0.25, 0.3) is 17.2 Å². The summed E-state index contributed by atoms with van der Waals surface area (Å²) in [5, 5.41) is 0. The Hall–Kier alpha value is -2.68. The third kappa shape index (κ3) is 3.30. The molecule has 28 heavy (non-hydrogen) atoms. The molecule has 0 aromatic heterocycles. The summed E-state index contributed by atoms with van der Waals surface area (Å²) in [5.74, 6) is 0. The third-order valence-corrected chi connectivity index (χ3v) is 6.36. The van der Waals surface area contributed by atoms with E-state index in [9.17, 15) is 0 Å². The lowest BCUT2D eigenvalue weighted by Gasteiger charge is -2.33. The van der Waals surface area contributed by atoms with Gasteiger partial charge in [-0.1, -0.05) is 84.9 Å². The standard InChI is InChI=1S/C26H26N2/c1-2-9-21(10-3-1)11-8-16-27-17-19-28(20-18-27)26-24-14-6-4-12-22(24)23-13-5-7-15-25(23)26/h1-15,26H,16-20H2/p+2. The van der Waals surface area contributed by atoms with Crippen molar-refractivity contribution in [1.82, 2.24) is 0 Å². The first-order valence-electron chi connectivity index (χ1n) is 10.5. The Morgan fingerprint density at radius 2 is 1.25 bits per heavy atom. The number of piperazine rings is 1. The zero-order valence-corrected chi connectivity index (χ0v) is 16.3. The second kappa shape index (κ2) is 7.75. The van der Waals surface area contributed by atoms with E-state index in [4.69, 9.17) is 0 Å². The van der Waals surface area contributed by atoms with Crippen LogP contribution in [0.3, 0.4) is 0 Å². The zero-order valence-electron chi connectivity index (χ0n) is 16.3. The topological polar surface area (TPSA) is 8.88 Å². The minimum absolute atomic E-state index is 0.508. The van der Waals surface area contributed by atoms with Gasteiger partial charge in [0.2, 0.25) is 0 Å². The Balaban J connectivity index is 1.27. The van der Waals surface area contributed by atoms with Gasteiger partial charge in [0.1, 0.15) is 32.2 Å². The molecule has 1 heterocycles. The van der Waals surface area contributed by atoms with E-state index >= 15 is 0 Å². The summed E-state index contributed by atoms with van der Waals surface area (Å²) in [4.78, 5) is 3.43. The number of hydrogen-bond acceptors (Lipinski definition) is 0. The molecule has 1 fully saturated rings. The van der Waals surface area contributed by atoms with Gasteiger partial charge in [0.15, 0.2) is 0 Å². The highest BCUT2D eigenvalue weighted by Gasteiger charge is 2.38. The molecule has 2 N–H and O–H groups in total. The molecule has 0 saturated carbocycles. The van der Waals surface area contributed by atoms with Gasteiger partial charge in [-0.15, -0.1) is 0 Å². The highest BCUT2D eigenvalue weighted by molar-refractivity contribution is 5.77. The zero-order chi connectivity index (χ0) is 18.8. The summed E-state index contributed by atoms with van der Waals surface area (Å²) in [6.07, 6.45) is 4.60. The molecule has 1 aliphatic carbocycles. The fourth-order valence-electron chi connectivity index (χ4n) is 4.94. The van der Waals surface area contributed by atoms with Crippen molar-refractivity contribution in [3.8, 4) is 11.1 Å². The van der Waals surface area contributed by atoms with Gasteiger partial charge in [0, 0.05) is 11.1 Å². The Bertz CT molecular complexity index is 923. The van der Waals surface area contributed by atoms with Crippen molar-refractivity contribution in [2.45, 2.75) is 6.04 Å². The van der Waals surface area contributed by atoms with Crippen LogP contribution < -0.4 is 9.80 Å². The molecule has 0 atom stereocenters. The number of benzene rings is 3. The summed E-state index contributed by atoms with van der Waals surface area (Å²) in [6.45, 7) is 6.09. The lowest BCUT2D eigenvalue weighted by atomic mass is 10.0. The summed E-state index contributed by atoms with van der Waals surface area (Å²) in [5.41, 5.74) is 7.22. The van der Waals surface area contributed by atoms with E-state index in [1.54, 1.807) is 9.80 Å². The fourth-order valence-corrected chi connectivity index (χ4v) is 4.94.